The summed E-state index contributed by atoms with van der Waals surface area (Å²) in [6.07, 6.45) is 0. The number of nitrogens with one attached hydrogen (secondary N) is 1. The summed E-state index contributed by atoms with van der Waals surface area (Å²) in [5.74, 6) is -0.986. The van der Waals surface area contributed by atoms with Gasteiger partial charge in [-0.3, -0.25) is 0 Å². The van der Waals surface area contributed by atoms with Gasteiger partial charge in [-0.15, -0.1) is 0 Å². The number of furan rings is 1. The third kappa shape index (κ3) is 5.52. The van der Waals surface area contributed by atoms with Crippen LogP contribution in [0.15, 0.2) is 16.5 Å². The van der Waals surface area contributed by atoms with E-state index in [9.17, 15) is 8.78 Å². The third-order valence-corrected chi connectivity index (χ3v) is 2.94. The maximum absolute atomic E-state index is 12.0. The molecule has 0 aliphatic carbocycles. The van der Waals surface area contributed by atoms with Crippen LogP contribution in [-0.4, -0.2) is 12.3 Å². The van der Waals surface area contributed by atoms with Gasteiger partial charge in [-0.05, 0) is 26.0 Å². The van der Waals surface area contributed by atoms with Gasteiger partial charge in [0.25, 0.3) is 5.76 Å². The highest BCUT2D eigenvalue weighted by Crippen LogP contribution is 2.21. The Balaban J connectivity index is 2.34. The van der Waals surface area contributed by atoms with Gasteiger partial charge in [-0.2, -0.15) is 14.0 Å². The van der Waals surface area contributed by atoms with Crippen LogP contribution >= 0.6 is 11.8 Å². The summed E-state index contributed by atoms with van der Waals surface area (Å²) in [5, 5.41) is 11.9. The Bertz CT molecular complexity index is 412. The number of halogens is 2. The van der Waals surface area contributed by atoms with Crippen LogP contribution in [0.2, 0.25) is 0 Å². The molecule has 0 aliphatic rings. The summed E-state index contributed by atoms with van der Waals surface area (Å²) < 4.78 is 29.3. The molecule has 0 bridgehead atoms. The quantitative estimate of drug-likeness (QED) is 0.828. The van der Waals surface area contributed by atoms with Gasteiger partial charge in [0.15, 0.2) is 0 Å². The fourth-order valence-electron chi connectivity index (χ4n) is 1.28. The molecule has 0 radical (unpaired) electrons. The summed E-state index contributed by atoms with van der Waals surface area (Å²) in [5.41, 5.74) is -0.430. The second-order valence-corrected chi connectivity index (χ2v) is 5.52. The van der Waals surface area contributed by atoms with Gasteiger partial charge in [0.05, 0.1) is 23.8 Å². The summed E-state index contributed by atoms with van der Waals surface area (Å²) in [7, 11) is 0. The van der Waals surface area contributed by atoms with Gasteiger partial charge in [0.2, 0.25) is 0 Å². The SMILES string of the molecule is CC(C)(C#N)CNCc1ccc(CSC(F)F)o1. The van der Waals surface area contributed by atoms with E-state index in [1.165, 1.54) is 0 Å². The molecule has 18 heavy (non-hydrogen) atoms. The second kappa shape index (κ2) is 6.76. The third-order valence-electron chi connectivity index (χ3n) is 2.24. The van der Waals surface area contributed by atoms with E-state index in [2.05, 4.69) is 11.4 Å². The smallest absolute Gasteiger partial charge is 0.284 e. The molecule has 0 atom stereocenters. The summed E-state index contributed by atoms with van der Waals surface area (Å²) in [6.45, 7) is 4.72. The maximum Gasteiger partial charge on any atom is 0.284 e. The number of thioether (sulfide) groups is 1. The Morgan fingerprint density at radius 2 is 2.11 bits per heavy atom. The Hall–Kier alpha value is -1.06. The lowest BCUT2D eigenvalue weighted by molar-refractivity contribution is 0.251. The van der Waals surface area contributed by atoms with E-state index in [-0.39, 0.29) is 5.75 Å². The minimum Gasteiger partial charge on any atom is -0.464 e. The van der Waals surface area contributed by atoms with Gasteiger partial charge in [-0.25, -0.2) is 0 Å². The van der Waals surface area contributed by atoms with Crippen LogP contribution in [0.1, 0.15) is 25.4 Å². The molecule has 0 aliphatic heterocycles. The first-order valence-electron chi connectivity index (χ1n) is 5.52. The molecule has 100 valence electrons. The average molecular weight is 274 g/mol. The van der Waals surface area contributed by atoms with Crippen LogP contribution < -0.4 is 5.32 Å². The fraction of sp³-hybridized carbons (Fsp3) is 0.583. The molecule has 1 heterocycles. The number of nitrogens with zero attached hydrogens (tertiary/aromatic N) is 1. The van der Waals surface area contributed by atoms with Crippen molar-refractivity contribution in [1.29, 1.82) is 5.26 Å². The molecule has 3 nitrogen and oxygen atoms in total. The number of alkyl halides is 2. The van der Waals surface area contributed by atoms with Crippen molar-refractivity contribution < 1.29 is 13.2 Å². The highest BCUT2D eigenvalue weighted by Gasteiger charge is 2.16. The Labute approximate surface area is 110 Å². The van der Waals surface area contributed by atoms with Crippen molar-refractivity contribution in [3.8, 4) is 6.07 Å². The van der Waals surface area contributed by atoms with Crippen LogP contribution in [0.4, 0.5) is 8.78 Å². The predicted molar refractivity (Wildman–Crippen MR) is 67.1 cm³/mol. The zero-order valence-electron chi connectivity index (χ0n) is 10.4. The van der Waals surface area contributed by atoms with Crippen LogP contribution in [0.5, 0.6) is 0 Å². The van der Waals surface area contributed by atoms with Gasteiger partial charge < -0.3 is 9.73 Å². The monoisotopic (exact) mass is 274 g/mol. The molecule has 0 saturated carbocycles. The van der Waals surface area contributed by atoms with E-state index in [4.69, 9.17) is 9.68 Å². The van der Waals surface area contributed by atoms with E-state index in [0.29, 0.717) is 36.4 Å². The number of nitriles is 1. The standard InChI is InChI=1S/C12H16F2N2OS/c1-12(2,7-15)8-16-5-9-3-4-10(17-9)6-18-11(13)14/h3-4,11,16H,5-6,8H2,1-2H3. The lowest BCUT2D eigenvalue weighted by Crippen LogP contribution is -2.27. The maximum atomic E-state index is 12.0. The van der Waals surface area contributed by atoms with Crippen molar-refractivity contribution in [3.05, 3.63) is 23.7 Å². The molecule has 0 aromatic carbocycles. The van der Waals surface area contributed by atoms with Gasteiger partial charge in [0, 0.05) is 6.54 Å². The van der Waals surface area contributed by atoms with Crippen LogP contribution in [-0.2, 0) is 12.3 Å². The Morgan fingerprint density at radius 3 is 2.72 bits per heavy atom. The van der Waals surface area contributed by atoms with Crippen LogP contribution in [0.25, 0.3) is 0 Å². The Kier molecular flexibility index (Phi) is 5.63. The van der Waals surface area contributed by atoms with Crippen molar-refractivity contribution in [2.45, 2.75) is 31.9 Å². The summed E-state index contributed by atoms with van der Waals surface area (Å²) >= 11 is 0.539. The Morgan fingerprint density at radius 1 is 1.44 bits per heavy atom. The minimum absolute atomic E-state index is 0.168. The van der Waals surface area contributed by atoms with Crippen molar-refractivity contribution in [2.24, 2.45) is 5.41 Å². The van der Waals surface area contributed by atoms with Gasteiger partial charge in [0.1, 0.15) is 11.5 Å². The predicted octanol–water partition coefficient (Wildman–Crippen LogP) is 3.37. The van der Waals surface area contributed by atoms with Gasteiger partial charge >= 0.3 is 0 Å². The van der Waals surface area contributed by atoms with Crippen molar-refractivity contribution >= 4 is 11.8 Å². The molecule has 1 aromatic heterocycles. The number of rotatable bonds is 7. The van der Waals surface area contributed by atoms with Crippen molar-refractivity contribution in [1.82, 2.24) is 5.32 Å². The van der Waals surface area contributed by atoms with E-state index >= 15 is 0 Å². The zero-order chi connectivity index (χ0) is 13.6. The summed E-state index contributed by atoms with van der Waals surface area (Å²) in [6, 6.07) is 5.64. The molecular formula is C12H16F2N2OS. The normalized spacial score (nSPS) is 11.8. The molecule has 0 fully saturated rings. The fourth-order valence-corrected chi connectivity index (χ4v) is 1.72. The highest BCUT2D eigenvalue weighted by atomic mass is 32.2. The van der Waals surface area contributed by atoms with Crippen molar-refractivity contribution in [2.75, 3.05) is 6.54 Å². The first-order chi connectivity index (χ1) is 8.43. The topological polar surface area (TPSA) is 49.0 Å². The first-order valence-corrected chi connectivity index (χ1v) is 6.57. The first kappa shape index (κ1) is 15.0. The lowest BCUT2D eigenvalue weighted by atomic mass is 9.96. The molecule has 0 spiro atoms. The second-order valence-electron chi connectivity index (χ2n) is 4.54. The van der Waals surface area contributed by atoms with E-state index in [1.807, 2.05) is 13.8 Å². The largest absolute Gasteiger partial charge is 0.464 e. The minimum atomic E-state index is -2.38. The van der Waals surface area contributed by atoms with E-state index in [1.54, 1.807) is 12.1 Å². The van der Waals surface area contributed by atoms with Gasteiger partial charge in [-0.1, -0.05) is 11.8 Å². The molecular weight excluding hydrogens is 258 g/mol. The zero-order valence-corrected chi connectivity index (χ0v) is 11.2. The average Bonchev–Trinajstić information content (AvgIpc) is 2.74. The highest BCUT2D eigenvalue weighted by molar-refractivity contribution is 7.98. The molecule has 6 heteroatoms. The molecule has 0 unspecified atom stereocenters. The number of hydrogen-bond donors (Lipinski definition) is 1. The molecule has 0 amide bonds. The molecule has 1 N–H and O–H groups in total. The van der Waals surface area contributed by atoms with E-state index < -0.39 is 11.2 Å². The molecule has 1 rings (SSSR count). The number of hydrogen-bond acceptors (Lipinski definition) is 4. The summed E-state index contributed by atoms with van der Waals surface area (Å²) in [4.78, 5) is 0. The van der Waals surface area contributed by atoms with Crippen LogP contribution in [0, 0.1) is 16.7 Å². The van der Waals surface area contributed by atoms with E-state index in [0.717, 1.165) is 0 Å². The molecule has 1 aromatic rings. The van der Waals surface area contributed by atoms with Crippen LogP contribution in [0.3, 0.4) is 0 Å². The van der Waals surface area contributed by atoms with Crippen molar-refractivity contribution in [3.63, 3.8) is 0 Å². The molecule has 0 saturated heterocycles. The lowest BCUT2D eigenvalue weighted by Gasteiger charge is -2.14.